The zero-order chi connectivity index (χ0) is 13.8. The summed E-state index contributed by atoms with van der Waals surface area (Å²) in [6, 6.07) is 7.56. The van der Waals surface area contributed by atoms with Crippen molar-refractivity contribution in [3.05, 3.63) is 34.9 Å². The molecule has 1 aromatic rings. The standard InChI is InChI=1S/C15H21ClOSi/c1-15(2,3)18(4,5)17-11-7-9-13-8-6-10-14(16)12-13/h6,8,10,12H,11H2,1-5H3. The van der Waals surface area contributed by atoms with Gasteiger partial charge >= 0.3 is 0 Å². The summed E-state index contributed by atoms with van der Waals surface area (Å²) >= 11 is 5.90. The van der Waals surface area contributed by atoms with Crippen molar-refractivity contribution in [1.82, 2.24) is 0 Å². The molecule has 0 radical (unpaired) electrons. The van der Waals surface area contributed by atoms with E-state index in [1.807, 2.05) is 24.3 Å². The van der Waals surface area contributed by atoms with Gasteiger partial charge < -0.3 is 4.43 Å². The second kappa shape index (κ2) is 5.93. The van der Waals surface area contributed by atoms with Crippen LogP contribution in [-0.4, -0.2) is 14.9 Å². The number of hydrogen-bond donors (Lipinski definition) is 0. The largest absolute Gasteiger partial charge is 0.406 e. The van der Waals surface area contributed by atoms with Crippen molar-refractivity contribution in [3.63, 3.8) is 0 Å². The van der Waals surface area contributed by atoms with Crippen LogP contribution in [0, 0.1) is 11.8 Å². The highest BCUT2D eigenvalue weighted by Crippen LogP contribution is 2.36. The third-order valence-corrected chi connectivity index (χ3v) is 8.08. The van der Waals surface area contributed by atoms with Crippen LogP contribution in [-0.2, 0) is 4.43 Å². The Balaban J connectivity index is 2.58. The topological polar surface area (TPSA) is 9.23 Å². The average Bonchev–Trinajstić information content (AvgIpc) is 2.23. The highest BCUT2D eigenvalue weighted by molar-refractivity contribution is 6.74. The van der Waals surface area contributed by atoms with Gasteiger partial charge in [0, 0.05) is 10.6 Å². The molecule has 0 aliphatic heterocycles. The third kappa shape index (κ3) is 4.49. The summed E-state index contributed by atoms with van der Waals surface area (Å²) in [7, 11) is -1.68. The van der Waals surface area contributed by atoms with Crippen molar-refractivity contribution in [2.45, 2.75) is 38.9 Å². The van der Waals surface area contributed by atoms with E-state index in [-0.39, 0.29) is 5.04 Å². The van der Waals surface area contributed by atoms with Gasteiger partial charge in [0.1, 0.15) is 0 Å². The van der Waals surface area contributed by atoms with E-state index in [2.05, 4.69) is 45.7 Å². The fourth-order valence-electron chi connectivity index (χ4n) is 1.14. The number of halogens is 1. The maximum Gasteiger partial charge on any atom is 0.193 e. The molecule has 0 amide bonds. The molecule has 0 aliphatic carbocycles. The predicted molar refractivity (Wildman–Crippen MR) is 81.5 cm³/mol. The second-order valence-corrected chi connectivity index (χ2v) is 11.1. The first-order chi connectivity index (χ1) is 8.22. The fourth-order valence-corrected chi connectivity index (χ4v) is 2.19. The lowest BCUT2D eigenvalue weighted by atomic mass is 10.2. The van der Waals surface area contributed by atoms with Crippen LogP contribution in [0.3, 0.4) is 0 Å². The summed E-state index contributed by atoms with van der Waals surface area (Å²) in [6.07, 6.45) is 0. The summed E-state index contributed by atoms with van der Waals surface area (Å²) < 4.78 is 5.98. The molecule has 0 saturated heterocycles. The van der Waals surface area contributed by atoms with Gasteiger partial charge in [-0.25, -0.2) is 0 Å². The Morgan fingerprint density at radius 1 is 1.28 bits per heavy atom. The fraction of sp³-hybridized carbons (Fsp3) is 0.467. The minimum Gasteiger partial charge on any atom is -0.406 e. The molecule has 98 valence electrons. The van der Waals surface area contributed by atoms with Crippen molar-refractivity contribution >= 4 is 19.9 Å². The molecule has 18 heavy (non-hydrogen) atoms. The van der Waals surface area contributed by atoms with Crippen molar-refractivity contribution in [3.8, 4) is 11.8 Å². The molecule has 1 rings (SSSR count). The normalized spacial score (nSPS) is 11.9. The molecule has 0 aromatic heterocycles. The summed E-state index contributed by atoms with van der Waals surface area (Å²) in [6.45, 7) is 11.6. The molecule has 0 heterocycles. The predicted octanol–water partition coefficient (Wildman–Crippen LogP) is 4.71. The van der Waals surface area contributed by atoms with Crippen molar-refractivity contribution in [2.75, 3.05) is 6.61 Å². The van der Waals surface area contributed by atoms with Crippen molar-refractivity contribution in [2.24, 2.45) is 0 Å². The lowest BCUT2D eigenvalue weighted by molar-refractivity contribution is 0.334. The van der Waals surface area contributed by atoms with Crippen LogP contribution >= 0.6 is 11.6 Å². The Labute approximate surface area is 117 Å². The first kappa shape index (κ1) is 15.3. The van der Waals surface area contributed by atoms with Crippen LogP contribution in [0.2, 0.25) is 23.2 Å². The van der Waals surface area contributed by atoms with E-state index in [1.165, 1.54) is 0 Å². The van der Waals surface area contributed by atoms with Crippen LogP contribution in [0.1, 0.15) is 26.3 Å². The summed E-state index contributed by atoms with van der Waals surface area (Å²) in [5.74, 6) is 6.13. The third-order valence-electron chi connectivity index (χ3n) is 3.37. The molecule has 0 bridgehead atoms. The Kier molecular flexibility index (Phi) is 5.04. The molecule has 3 heteroatoms. The van der Waals surface area contributed by atoms with Crippen LogP contribution < -0.4 is 0 Å². The minimum atomic E-state index is -1.68. The Bertz CT molecular complexity index is 463. The average molecular weight is 281 g/mol. The minimum absolute atomic E-state index is 0.227. The maximum absolute atomic E-state index is 5.98. The smallest absolute Gasteiger partial charge is 0.193 e. The number of benzene rings is 1. The molecular weight excluding hydrogens is 260 g/mol. The maximum atomic E-state index is 5.98. The van der Waals surface area contributed by atoms with E-state index >= 15 is 0 Å². The molecule has 1 nitrogen and oxygen atoms in total. The molecule has 0 saturated carbocycles. The van der Waals surface area contributed by atoms with E-state index in [9.17, 15) is 0 Å². The first-order valence-electron chi connectivity index (χ1n) is 6.11. The van der Waals surface area contributed by atoms with Crippen molar-refractivity contribution in [1.29, 1.82) is 0 Å². The summed E-state index contributed by atoms with van der Waals surface area (Å²) in [5.41, 5.74) is 0.932. The van der Waals surface area contributed by atoms with Crippen LogP contribution in [0.15, 0.2) is 24.3 Å². The molecule has 0 unspecified atom stereocenters. The van der Waals surface area contributed by atoms with E-state index in [0.717, 1.165) is 5.56 Å². The monoisotopic (exact) mass is 280 g/mol. The van der Waals surface area contributed by atoms with Gasteiger partial charge in [-0.3, -0.25) is 0 Å². The van der Waals surface area contributed by atoms with Gasteiger partial charge in [0.15, 0.2) is 8.32 Å². The SMILES string of the molecule is CC(C)(C)[Si](C)(C)OCC#Cc1cccc(Cl)c1. The molecule has 0 N–H and O–H groups in total. The molecule has 0 fully saturated rings. The van der Waals surface area contributed by atoms with Gasteiger partial charge in [-0.1, -0.05) is 50.3 Å². The Morgan fingerprint density at radius 2 is 1.94 bits per heavy atom. The first-order valence-corrected chi connectivity index (χ1v) is 9.39. The van der Waals surface area contributed by atoms with E-state index < -0.39 is 8.32 Å². The highest BCUT2D eigenvalue weighted by atomic mass is 35.5. The zero-order valence-corrected chi connectivity index (χ0v) is 13.6. The van der Waals surface area contributed by atoms with Gasteiger partial charge in [0.2, 0.25) is 0 Å². The highest BCUT2D eigenvalue weighted by Gasteiger charge is 2.36. The molecule has 0 aliphatic rings. The van der Waals surface area contributed by atoms with E-state index in [1.54, 1.807) is 0 Å². The van der Waals surface area contributed by atoms with Gasteiger partial charge in [0.25, 0.3) is 0 Å². The van der Waals surface area contributed by atoms with Crippen LogP contribution in [0.4, 0.5) is 0 Å². The molecular formula is C15H21ClOSi. The molecule has 1 aromatic carbocycles. The van der Waals surface area contributed by atoms with Gasteiger partial charge in [-0.05, 0) is 36.3 Å². The zero-order valence-electron chi connectivity index (χ0n) is 11.8. The van der Waals surface area contributed by atoms with Crippen LogP contribution in [0.25, 0.3) is 0 Å². The lowest BCUT2D eigenvalue weighted by Gasteiger charge is -2.35. The van der Waals surface area contributed by atoms with Gasteiger partial charge in [0.05, 0.1) is 6.61 Å². The summed E-state index contributed by atoms with van der Waals surface area (Å²) in [4.78, 5) is 0. The molecule has 0 spiro atoms. The van der Waals surface area contributed by atoms with E-state index in [0.29, 0.717) is 11.6 Å². The number of rotatable bonds is 2. The number of hydrogen-bond acceptors (Lipinski definition) is 1. The van der Waals surface area contributed by atoms with Gasteiger partial charge in [-0.2, -0.15) is 0 Å². The van der Waals surface area contributed by atoms with Crippen LogP contribution in [0.5, 0.6) is 0 Å². The van der Waals surface area contributed by atoms with E-state index in [4.69, 9.17) is 16.0 Å². The van der Waals surface area contributed by atoms with Crippen molar-refractivity contribution < 1.29 is 4.43 Å². The lowest BCUT2D eigenvalue weighted by Crippen LogP contribution is -2.40. The summed E-state index contributed by atoms with van der Waals surface area (Å²) in [5, 5.41) is 0.942. The van der Waals surface area contributed by atoms with Gasteiger partial charge in [-0.15, -0.1) is 0 Å². The Morgan fingerprint density at radius 3 is 2.50 bits per heavy atom. The Hall–Kier alpha value is -0.753. The molecule has 0 atom stereocenters. The quantitative estimate of drug-likeness (QED) is 0.563. The second-order valence-electron chi connectivity index (χ2n) is 5.86.